The van der Waals surface area contributed by atoms with E-state index in [9.17, 15) is 0 Å². The van der Waals surface area contributed by atoms with Crippen LogP contribution >= 0.6 is 0 Å². The average molecular weight is 532 g/mol. The second-order valence-electron chi connectivity index (χ2n) is 10.4. The molecule has 9 nitrogen and oxygen atoms in total. The Morgan fingerprint density at radius 1 is 0.897 bits per heavy atom. The lowest BCUT2D eigenvalue weighted by Crippen LogP contribution is -2.39. The number of aromatic amines is 1. The SMILES string of the molecule is CCCCn1nc(C(CCC)(OC(C)C)OC(C)C)nc1Cc1ccc(-c2ccccc2-c2nn[nH]n2)cc1. The number of rotatable bonds is 14. The molecule has 208 valence electrons. The van der Waals surface area contributed by atoms with Gasteiger partial charge < -0.3 is 9.47 Å². The van der Waals surface area contributed by atoms with Crippen LogP contribution in [0.1, 0.15) is 84.4 Å². The lowest BCUT2D eigenvalue weighted by molar-refractivity contribution is -0.286. The number of hydrogen-bond donors (Lipinski definition) is 1. The number of aryl methyl sites for hydroxylation is 1. The molecular weight excluding hydrogens is 490 g/mol. The van der Waals surface area contributed by atoms with Gasteiger partial charge in [-0.05, 0) is 56.0 Å². The van der Waals surface area contributed by atoms with Gasteiger partial charge in [0.15, 0.2) is 0 Å². The maximum absolute atomic E-state index is 6.43. The van der Waals surface area contributed by atoms with Gasteiger partial charge in [0.05, 0.1) is 12.2 Å². The maximum Gasteiger partial charge on any atom is 0.232 e. The third-order valence-corrected chi connectivity index (χ3v) is 6.38. The average Bonchev–Trinajstić information content (AvgIpc) is 3.58. The Morgan fingerprint density at radius 2 is 1.59 bits per heavy atom. The van der Waals surface area contributed by atoms with E-state index in [0.717, 1.165) is 53.9 Å². The van der Waals surface area contributed by atoms with Crippen LogP contribution in [-0.2, 0) is 28.2 Å². The molecule has 0 atom stereocenters. The molecule has 0 saturated heterocycles. The van der Waals surface area contributed by atoms with Crippen molar-refractivity contribution in [2.75, 3.05) is 0 Å². The number of unbranched alkanes of at least 4 members (excludes halogenated alkanes) is 1. The van der Waals surface area contributed by atoms with Crippen molar-refractivity contribution in [3.05, 3.63) is 65.7 Å². The van der Waals surface area contributed by atoms with Crippen molar-refractivity contribution in [3.63, 3.8) is 0 Å². The minimum absolute atomic E-state index is 0.0239. The third-order valence-electron chi connectivity index (χ3n) is 6.38. The van der Waals surface area contributed by atoms with Crippen LogP contribution in [0, 0.1) is 0 Å². The van der Waals surface area contributed by atoms with Gasteiger partial charge in [-0.2, -0.15) is 10.3 Å². The Labute approximate surface area is 231 Å². The van der Waals surface area contributed by atoms with Crippen molar-refractivity contribution in [2.45, 2.75) is 98.2 Å². The van der Waals surface area contributed by atoms with E-state index in [1.807, 2.05) is 50.6 Å². The third kappa shape index (κ3) is 6.96. The van der Waals surface area contributed by atoms with Crippen LogP contribution in [0.5, 0.6) is 0 Å². The van der Waals surface area contributed by atoms with Gasteiger partial charge >= 0.3 is 0 Å². The Balaban J connectivity index is 1.65. The number of benzene rings is 2. The van der Waals surface area contributed by atoms with Gasteiger partial charge in [-0.3, -0.25) is 0 Å². The fourth-order valence-corrected chi connectivity index (χ4v) is 4.80. The number of aromatic nitrogens is 7. The van der Waals surface area contributed by atoms with Gasteiger partial charge in [0.1, 0.15) is 5.82 Å². The maximum atomic E-state index is 6.43. The molecule has 0 aliphatic heterocycles. The number of nitrogens with one attached hydrogen (secondary N) is 1. The standard InChI is InChI=1S/C30H41N7O2/c1-7-9-19-37-27(31-29(34-37)30(18-8-2,38-21(3)4)39-22(5)6)20-23-14-16-24(17-15-23)25-12-10-11-13-26(25)28-32-35-36-33-28/h10-17,21-22H,7-9,18-20H2,1-6H3,(H,32,33,35,36). The van der Waals surface area contributed by atoms with Crippen LogP contribution < -0.4 is 0 Å². The molecule has 2 heterocycles. The Bertz CT molecular complexity index is 1290. The topological polar surface area (TPSA) is 104 Å². The predicted molar refractivity (Wildman–Crippen MR) is 152 cm³/mol. The minimum Gasteiger partial charge on any atom is -0.341 e. The molecule has 39 heavy (non-hydrogen) atoms. The predicted octanol–water partition coefficient (Wildman–Crippen LogP) is 6.32. The van der Waals surface area contributed by atoms with Crippen molar-refractivity contribution in [1.82, 2.24) is 35.4 Å². The molecule has 2 aromatic heterocycles. The quantitative estimate of drug-likeness (QED) is 0.190. The van der Waals surface area contributed by atoms with E-state index in [-0.39, 0.29) is 12.2 Å². The highest BCUT2D eigenvalue weighted by atomic mass is 16.7. The van der Waals surface area contributed by atoms with E-state index in [1.54, 1.807) is 0 Å². The lowest BCUT2D eigenvalue weighted by atomic mass is 9.98. The van der Waals surface area contributed by atoms with Crippen LogP contribution in [0.3, 0.4) is 0 Å². The molecular formula is C30H41N7O2. The van der Waals surface area contributed by atoms with Crippen LogP contribution in [0.2, 0.25) is 0 Å². The molecule has 0 fully saturated rings. The summed E-state index contributed by atoms with van der Waals surface area (Å²) >= 11 is 0. The van der Waals surface area contributed by atoms with Crippen molar-refractivity contribution in [1.29, 1.82) is 0 Å². The molecule has 4 rings (SSSR count). The van der Waals surface area contributed by atoms with Crippen LogP contribution in [-0.4, -0.2) is 47.6 Å². The first-order chi connectivity index (χ1) is 18.8. The molecule has 0 unspecified atom stereocenters. The summed E-state index contributed by atoms with van der Waals surface area (Å²) in [5.41, 5.74) is 4.23. The molecule has 9 heteroatoms. The van der Waals surface area contributed by atoms with Crippen LogP contribution in [0.25, 0.3) is 22.5 Å². The summed E-state index contributed by atoms with van der Waals surface area (Å²) in [7, 11) is 0. The van der Waals surface area contributed by atoms with E-state index in [1.165, 1.54) is 0 Å². The molecule has 1 N–H and O–H groups in total. The lowest BCUT2D eigenvalue weighted by Gasteiger charge is -2.34. The molecule has 0 aliphatic rings. The highest BCUT2D eigenvalue weighted by Crippen LogP contribution is 2.34. The summed E-state index contributed by atoms with van der Waals surface area (Å²) in [6, 6.07) is 16.6. The highest BCUT2D eigenvalue weighted by Gasteiger charge is 2.40. The van der Waals surface area contributed by atoms with Gasteiger partial charge in [-0.1, -0.05) is 75.2 Å². The zero-order valence-electron chi connectivity index (χ0n) is 24.0. The number of ether oxygens (including phenoxy) is 2. The summed E-state index contributed by atoms with van der Waals surface area (Å²) in [5.74, 6) is 1.14. The summed E-state index contributed by atoms with van der Waals surface area (Å²) in [5, 5.41) is 19.6. The summed E-state index contributed by atoms with van der Waals surface area (Å²) in [6.07, 6.45) is 4.30. The largest absolute Gasteiger partial charge is 0.341 e. The van der Waals surface area contributed by atoms with Crippen molar-refractivity contribution < 1.29 is 9.47 Å². The second-order valence-corrected chi connectivity index (χ2v) is 10.4. The zero-order valence-corrected chi connectivity index (χ0v) is 24.0. The number of tetrazole rings is 1. The smallest absolute Gasteiger partial charge is 0.232 e. The highest BCUT2D eigenvalue weighted by molar-refractivity contribution is 5.80. The number of H-pyrrole nitrogens is 1. The van der Waals surface area contributed by atoms with E-state index in [2.05, 4.69) is 64.8 Å². The van der Waals surface area contributed by atoms with E-state index in [4.69, 9.17) is 19.6 Å². The molecule has 0 amide bonds. The van der Waals surface area contributed by atoms with Crippen LogP contribution in [0.4, 0.5) is 0 Å². The fourth-order valence-electron chi connectivity index (χ4n) is 4.80. The molecule has 0 radical (unpaired) electrons. The van der Waals surface area contributed by atoms with Gasteiger partial charge in [-0.15, -0.1) is 10.2 Å². The first-order valence-electron chi connectivity index (χ1n) is 14.1. The van der Waals surface area contributed by atoms with Crippen molar-refractivity contribution in [3.8, 4) is 22.5 Å². The van der Waals surface area contributed by atoms with Crippen LogP contribution in [0.15, 0.2) is 48.5 Å². The van der Waals surface area contributed by atoms with E-state index >= 15 is 0 Å². The summed E-state index contributed by atoms with van der Waals surface area (Å²) < 4.78 is 14.9. The first-order valence-corrected chi connectivity index (χ1v) is 14.1. The molecule has 0 saturated carbocycles. The monoisotopic (exact) mass is 531 g/mol. The van der Waals surface area contributed by atoms with Crippen molar-refractivity contribution >= 4 is 0 Å². The number of nitrogens with zero attached hydrogens (tertiary/aromatic N) is 6. The summed E-state index contributed by atoms with van der Waals surface area (Å²) in [6.45, 7) is 13.2. The van der Waals surface area contributed by atoms with Crippen molar-refractivity contribution in [2.24, 2.45) is 0 Å². The van der Waals surface area contributed by atoms with E-state index < -0.39 is 5.79 Å². The fraction of sp³-hybridized carbons (Fsp3) is 0.500. The normalized spacial score (nSPS) is 12.1. The Morgan fingerprint density at radius 3 is 2.18 bits per heavy atom. The molecule has 4 aromatic rings. The van der Waals surface area contributed by atoms with Gasteiger partial charge in [-0.25, -0.2) is 9.67 Å². The second kappa shape index (κ2) is 13.1. The van der Waals surface area contributed by atoms with Gasteiger partial charge in [0, 0.05) is 24.9 Å². The van der Waals surface area contributed by atoms with Gasteiger partial charge in [0.25, 0.3) is 0 Å². The zero-order chi connectivity index (χ0) is 27.8. The molecule has 0 bridgehead atoms. The Hall–Kier alpha value is -3.43. The summed E-state index contributed by atoms with van der Waals surface area (Å²) in [4.78, 5) is 5.06. The first kappa shape index (κ1) is 28.6. The molecule has 0 aliphatic carbocycles. The number of hydrogen-bond acceptors (Lipinski definition) is 7. The Kier molecular flexibility index (Phi) is 9.59. The molecule has 2 aromatic carbocycles. The molecule has 0 spiro atoms. The minimum atomic E-state index is -0.966. The van der Waals surface area contributed by atoms with Gasteiger partial charge in [0.2, 0.25) is 17.4 Å². The van der Waals surface area contributed by atoms with E-state index in [0.29, 0.717) is 24.5 Å².